The average molecular weight is 269 g/mol. The molecule has 4 rings (SSSR count). The Labute approximate surface area is 121 Å². The van der Waals surface area contributed by atoms with E-state index < -0.39 is 0 Å². The van der Waals surface area contributed by atoms with Gasteiger partial charge in [0.2, 0.25) is 0 Å². The Morgan fingerprint density at radius 2 is 1.80 bits per heavy atom. The summed E-state index contributed by atoms with van der Waals surface area (Å²) in [4.78, 5) is 13.6. The van der Waals surface area contributed by atoms with Gasteiger partial charge in [0.05, 0.1) is 0 Å². The summed E-state index contributed by atoms with van der Waals surface area (Å²) in [6.07, 6.45) is 9.34. The van der Waals surface area contributed by atoms with Crippen LogP contribution in [0.3, 0.4) is 0 Å². The minimum absolute atomic E-state index is 0.700. The molecular formula is C18H23NO. The molecule has 0 bridgehead atoms. The number of hydrogen-bond acceptors (Lipinski definition) is 2. The van der Waals surface area contributed by atoms with Gasteiger partial charge in [-0.05, 0) is 37.2 Å². The number of piperidine rings is 1. The molecule has 4 atom stereocenters. The number of nitrogens with zero attached hydrogens (tertiary/aromatic N) is 1. The standard InChI is InChI=1S/C18H23NO/c20-12-13-5-7-15(8-6-13)18(14-3-1-2-4-14)17-10-9-16-11-19(16)17/h5-8,12,14,16-18H,1-4,9-11H2/t16-,17+,18-,19?/m1/s1. The van der Waals surface area contributed by atoms with Crippen LogP contribution in [-0.2, 0) is 0 Å². The lowest BCUT2D eigenvalue weighted by molar-refractivity contribution is 0.112. The zero-order chi connectivity index (χ0) is 13.5. The van der Waals surface area contributed by atoms with Crippen LogP contribution < -0.4 is 0 Å². The van der Waals surface area contributed by atoms with E-state index in [0.717, 1.165) is 29.9 Å². The maximum absolute atomic E-state index is 10.9. The third-order valence-corrected chi connectivity index (χ3v) is 5.76. The van der Waals surface area contributed by atoms with Gasteiger partial charge in [-0.3, -0.25) is 9.69 Å². The van der Waals surface area contributed by atoms with E-state index in [1.165, 1.54) is 50.6 Å². The summed E-state index contributed by atoms with van der Waals surface area (Å²) in [5.41, 5.74) is 2.27. The quantitative estimate of drug-likeness (QED) is 0.614. The predicted molar refractivity (Wildman–Crippen MR) is 80.0 cm³/mol. The van der Waals surface area contributed by atoms with Crippen molar-refractivity contribution < 1.29 is 4.79 Å². The Kier molecular flexibility index (Phi) is 3.14. The molecular weight excluding hydrogens is 246 g/mol. The second kappa shape index (κ2) is 5.00. The highest BCUT2D eigenvalue weighted by atomic mass is 16.1. The van der Waals surface area contributed by atoms with Gasteiger partial charge in [0.25, 0.3) is 0 Å². The van der Waals surface area contributed by atoms with Gasteiger partial charge in [-0.1, -0.05) is 37.1 Å². The summed E-state index contributed by atoms with van der Waals surface area (Å²) in [6.45, 7) is 1.33. The van der Waals surface area contributed by atoms with Crippen molar-refractivity contribution in [3.8, 4) is 0 Å². The number of carbonyl (C=O) groups is 1. The van der Waals surface area contributed by atoms with Gasteiger partial charge >= 0.3 is 0 Å². The lowest BCUT2D eigenvalue weighted by Gasteiger charge is -2.31. The summed E-state index contributed by atoms with van der Waals surface area (Å²) in [7, 11) is 0. The van der Waals surface area contributed by atoms with E-state index in [1.807, 2.05) is 12.1 Å². The van der Waals surface area contributed by atoms with E-state index in [9.17, 15) is 4.79 Å². The van der Waals surface area contributed by atoms with Gasteiger partial charge < -0.3 is 0 Å². The van der Waals surface area contributed by atoms with E-state index in [1.54, 1.807) is 0 Å². The van der Waals surface area contributed by atoms with E-state index in [0.29, 0.717) is 5.92 Å². The first-order valence-electron chi connectivity index (χ1n) is 8.17. The highest BCUT2D eigenvalue weighted by Crippen LogP contribution is 2.48. The Morgan fingerprint density at radius 1 is 1.05 bits per heavy atom. The maximum Gasteiger partial charge on any atom is 0.150 e. The van der Waals surface area contributed by atoms with Crippen molar-refractivity contribution in [2.24, 2.45) is 5.92 Å². The van der Waals surface area contributed by atoms with Crippen LogP contribution in [0.1, 0.15) is 60.4 Å². The predicted octanol–water partition coefficient (Wildman–Crippen LogP) is 3.62. The molecule has 2 nitrogen and oxygen atoms in total. The Morgan fingerprint density at radius 3 is 2.35 bits per heavy atom. The van der Waals surface area contributed by atoms with Crippen LogP contribution in [0.5, 0.6) is 0 Å². The topological polar surface area (TPSA) is 20.1 Å². The van der Waals surface area contributed by atoms with Gasteiger partial charge in [0, 0.05) is 30.1 Å². The van der Waals surface area contributed by atoms with Crippen molar-refractivity contribution in [1.29, 1.82) is 0 Å². The molecule has 0 aromatic heterocycles. The fraction of sp³-hybridized carbons (Fsp3) is 0.611. The van der Waals surface area contributed by atoms with Crippen LogP contribution >= 0.6 is 0 Å². The minimum Gasteiger partial charge on any atom is -0.298 e. The molecule has 20 heavy (non-hydrogen) atoms. The van der Waals surface area contributed by atoms with Gasteiger partial charge in [-0.15, -0.1) is 0 Å². The normalized spacial score (nSPS) is 33.9. The lowest BCUT2D eigenvalue weighted by Crippen LogP contribution is -2.29. The second-order valence-electron chi connectivity index (χ2n) is 6.85. The smallest absolute Gasteiger partial charge is 0.150 e. The molecule has 1 saturated carbocycles. The average Bonchev–Trinajstić information content (AvgIpc) is 2.89. The molecule has 2 saturated heterocycles. The molecule has 0 spiro atoms. The summed E-state index contributed by atoms with van der Waals surface area (Å²) < 4.78 is 0. The summed E-state index contributed by atoms with van der Waals surface area (Å²) in [6, 6.07) is 10.1. The van der Waals surface area contributed by atoms with E-state index in [-0.39, 0.29) is 0 Å². The number of fused-ring (bicyclic) bond motifs is 1. The fourth-order valence-electron chi connectivity index (χ4n) is 4.70. The van der Waals surface area contributed by atoms with Crippen LogP contribution in [0.15, 0.2) is 24.3 Å². The van der Waals surface area contributed by atoms with Crippen LogP contribution in [-0.4, -0.2) is 29.8 Å². The molecule has 2 heterocycles. The molecule has 1 aromatic carbocycles. The SMILES string of the molecule is O=Cc1ccc([C@@H](C2CCCC2)[C@@H]2CC[C@@H]3CN32)cc1. The van der Waals surface area contributed by atoms with E-state index in [4.69, 9.17) is 0 Å². The second-order valence-corrected chi connectivity index (χ2v) is 6.85. The number of rotatable bonds is 4. The number of hydrogen-bond donors (Lipinski definition) is 0. The molecule has 3 fully saturated rings. The molecule has 1 unspecified atom stereocenters. The Balaban J connectivity index is 1.63. The van der Waals surface area contributed by atoms with Crippen LogP contribution in [0, 0.1) is 5.92 Å². The zero-order valence-electron chi connectivity index (χ0n) is 12.0. The van der Waals surface area contributed by atoms with Crippen molar-refractivity contribution in [2.45, 2.75) is 56.5 Å². The molecule has 2 heteroatoms. The number of carbonyl (C=O) groups excluding carboxylic acids is 1. The first-order valence-corrected chi connectivity index (χ1v) is 8.17. The monoisotopic (exact) mass is 269 g/mol. The molecule has 1 aliphatic carbocycles. The zero-order valence-corrected chi connectivity index (χ0v) is 12.0. The largest absolute Gasteiger partial charge is 0.298 e. The minimum atomic E-state index is 0.700. The van der Waals surface area contributed by atoms with Crippen LogP contribution in [0.2, 0.25) is 0 Å². The Bertz CT molecular complexity index is 489. The molecule has 3 aliphatic rings. The first-order chi connectivity index (χ1) is 9.86. The van der Waals surface area contributed by atoms with Gasteiger partial charge in [0.1, 0.15) is 6.29 Å². The molecule has 1 aromatic rings. The van der Waals surface area contributed by atoms with Crippen molar-refractivity contribution in [1.82, 2.24) is 4.90 Å². The van der Waals surface area contributed by atoms with E-state index >= 15 is 0 Å². The molecule has 0 radical (unpaired) electrons. The van der Waals surface area contributed by atoms with Crippen molar-refractivity contribution in [3.63, 3.8) is 0 Å². The maximum atomic E-state index is 10.9. The van der Waals surface area contributed by atoms with Crippen LogP contribution in [0.4, 0.5) is 0 Å². The number of benzene rings is 1. The highest BCUT2D eigenvalue weighted by molar-refractivity contribution is 5.74. The van der Waals surface area contributed by atoms with Crippen molar-refractivity contribution in [2.75, 3.05) is 6.54 Å². The van der Waals surface area contributed by atoms with Gasteiger partial charge in [-0.2, -0.15) is 0 Å². The van der Waals surface area contributed by atoms with Crippen LogP contribution in [0.25, 0.3) is 0 Å². The van der Waals surface area contributed by atoms with Gasteiger partial charge in [-0.25, -0.2) is 0 Å². The fourth-order valence-corrected chi connectivity index (χ4v) is 4.70. The number of aldehydes is 1. The van der Waals surface area contributed by atoms with E-state index in [2.05, 4.69) is 17.0 Å². The summed E-state index contributed by atoms with van der Waals surface area (Å²) in [5.74, 6) is 1.56. The molecule has 2 aliphatic heterocycles. The molecule has 0 N–H and O–H groups in total. The summed E-state index contributed by atoms with van der Waals surface area (Å²) in [5, 5.41) is 0. The van der Waals surface area contributed by atoms with Crippen molar-refractivity contribution in [3.05, 3.63) is 35.4 Å². The third kappa shape index (κ3) is 2.10. The molecule has 0 amide bonds. The van der Waals surface area contributed by atoms with Gasteiger partial charge in [0.15, 0.2) is 0 Å². The summed E-state index contributed by atoms with van der Waals surface area (Å²) >= 11 is 0. The highest BCUT2D eigenvalue weighted by Gasteiger charge is 2.50. The Hall–Kier alpha value is -1.15. The molecule has 106 valence electrons. The first kappa shape index (κ1) is 12.6. The van der Waals surface area contributed by atoms with Crippen molar-refractivity contribution >= 4 is 6.29 Å². The lowest BCUT2D eigenvalue weighted by atomic mass is 9.78. The third-order valence-electron chi connectivity index (χ3n) is 5.76.